The molecular weight excluding hydrogens is 246 g/mol. The number of hydrogen-bond donors (Lipinski definition) is 2. The van der Waals surface area contributed by atoms with E-state index in [2.05, 4.69) is 45.0 Å². The van der Waals surface area contributed by atoms with Gasteiger partial charge >= 0.3 is 0 Å². The van der Waals surface area contributed by atoms with Gasteiger partial charge in [0, 0.05) is 17.7 Å². The third-order valence-electron chi connectivity index (χ3n) is 3.60. The minimum Gasteiger partial charge on any atom is -0.398 e. The Morgan fingerprint density at radius 2 is 1.60 bits per heavy atom. The third kappa shape index (κ3) is 3.40. The molecule has 0 aliphatic carbocycles. The van der Waals surface area contributed by atoms with Crippen LogP contribution in [0.25, 0.3) is 0 Å². The molecule has 0 radical (unpaired) electrons. The number of aliphatic hydroxyl groups excluding tert-OH is 1. The SMILES string of the molecule is CC(C)(C)c1ccc(CC(O)c2ccccc2N)cc1. The fourth-order valence-electron chi connectivity index (χ4n) is 2.29. The van der Waals surface area contributed by atoms with Gasteiger partial charge in [-0.05, 0) is 22.6 Å². The lowest BCUT2D eigenvalue weighted by Gasteiger charge is -2.19. The lowest BCUT2D eigenvalue weighted by molar-refractivity contribution is 0.179. The molecule has 0 bridgehead atoms. The molecule has 0 amide bonds. The van der Waals surface area contributed by atoms with Crippen LogP contribution in [0.5, 0.6) is 0 Å². The van der Waals surface area contributed by atoms with Crippen LogP contribution in [-0.4, -0.2) is 5.11 Å². The Labute approximate surface area is 121 Å². The van der Waals surface area contributed by atoms with Gasteiger partial charge in [0.25, 0.3) is 0 Å². The van der Waals surface area contributed by atoms with Crippen molar-refractivity contribution < 1.29 is 5.11 Å². The normalized spacial score (nSPS) is 13.2. The van der Waals surface area contributed by atoms with Crippen molar-refractivity contribution in [3.63, 3.8) is 0 Å². The van der Waals surface area contributed by atoms with Crippen molar-refractivity contribution in [3.05, 3.63) is 65.2 Å². The van der Waals surface area contributed by atoms with Crippen LogP contribution in [0.15, 0.2) is 48.5 Å². The zero-order chi connectivity index (χ0) is 14.8. The Balaban J connectivity index is 2.13. The summed E-state index contributed by atoms with van der Waals surface area (Å²) in [4.78, 5) is 0. The van der Waals surface area contributed by atoms with Crippen molar-refractivity contribution in [2.24, 2.45) is 0 Å². The minimum atomic E-state index is -0.559. The quantitative estimate of drug-likeness (QED) is 0.832. The Hall–Kier alpha value is -1.80. The molecule has 1 unspecified atom stereocenters. The van der Waals surface area contributed by atoms with Gasteiger partial charge < -0.3 is 10.8 Å². The van der Waals surface area contributed by atoms with Crippen LogP contribution in [0, 0.1) is 0 Å². The van der Waals surface area contributed by atoms with E-state index in [-0.39, 0.29) is 5.41 Å². The summed E-state index contributed by atoms with van der Waals surface area (Å²) in [5.41, 5.74) is 9.91. The van der Waals surface area contributed by atoms with Crippen LogP contribution in [0.2, 0.25) is 0 Å². The van der Waals surface area contributed by atoms with E-state index in [1.54, 1.807) is 0 Å². The highest BCUT2D eigenvalue weighted by Gasteiger charge is 2.14. The van der Waals surface area contributed by atoms with Crippen LogP contribution in [-0.2, 0) is 11.8 Å². The molecule has 0 aromatic heterocycles. The van der Waals surface area contributed by atoms with Gasteiger partial charge in [0.1, 0.15) is 0 Å². The first-order chi connectivity index (χ1) is 9.38. The highest BCUT2D eigenvalue weighted by Crippen LogP contribution is 2.26. The minimum absolute atomic E-state index is 0.154. The van der Waals surface area contributed by atoms with Gasteiger partial charge in [-0.15, -0.1) is 0 Å². The molecule has 0 saturated heterocycles. The first-order valence-corrected chi connectivity index (χ1v) is 7.00. The molecule has 0 heterocycles. The fraction of sp³-hybridized carbons (Fsp3) is 0.333. The van der Waals surface area contributed by atoms with Crippen molar-refractivity contribution in [2.75, 3.05) is 5.73 Å². The van der Waals surface area contributed by atoms with E-state index >= 15 is 0 Å². The maximum absolute atomic E-state index is 10.3. The summed E-state index contributed by atoms with van der Waals surface area (Å²) in [6.07, 6.45) is 0.0234. The summed E-state index contributed by atoms with van der Waals surface area (Å²) >= 11 is 0. The number of hydrogen-bond acceptors (Lipinski definition) is 2. The molecule has 0 aliphatic heterocycles. The number of benzene rings is 2. The van der Waals surface area contributed by atoms with E-state index in [0.29, 0.717) is 12.1 Å². The van der Waals surface area contributed by atoms with Gasteiger partial charge in [0.15, 0.2) is 0 Å². The lowest BCUT2D eigenvalue weighted by Crippen LogP contribution is -2.11. The number of nitrogen functional groups attached to an aromatic ring is 1. The molecule has 2 nitrogen and oxygen atoms in total. The Morgan fingerprint density at radius 1 is 1.00 bits per heavy atom. The highest BCUT2D eigenvalue weighted by molar-refractivity contribution is 5.48. The number of para-hydroxylation sites is 1. The first-order valence-electron chi connectivity index (χ1n) is 7.00. The fourth-order valence-corrected chi connectivity index (χ4v) is 2.29. The molecule has 20 heavy (non-hydrogen) atoms. The van der Waals surface area contributed by atoms with Gasteiger partial charge in [0.2, 0.25) is 0 Å². The zero-order valence-electron chi connectivity index (χ0n) is 12.4. The molecule has 0 saturated carbocycles. The molecule has 2 heteroatoms. The van der Waals surface area contributed by atoms with E-state index in [4.69, 9.17) is 5.73 Å². The van der Waals surface area contributed by atoms with Gasteiger partial charge in [-0.1, -0.05) is 63.2 Å². The molecule has 0 spiro atoms. The second-order valence-corrected chi connectivity index (χ2v) is 6.30. The largest absolute Gasteiger partial charge is 0.398 e. The molecular formula is C18H23NO. The van der Waals surface area contributed by atoms with Gasteiger partial charge in [-0.3, -0.25) is 0 Å². The van der Waals surface area contributed by atoms with Crippen molar-refractivity contribution in [3.8, 4) is 0 Å². The topological polar surface area (TPSA) is 46.2 Å². The summed E-state index contributed by atoms with van der Waals surface area (Å²) in [5, 5.41) is 10.3. The number of nitrogens with two attached hydrogens (primary N) is 1. The summed E-state index contributed by atoms with van der Waals surface area (Å²) < 4.78 is 0. The monoisotopic (exact) mass is 269 g/mol. The van der Waals surface area contributed by atoms with Crippen LogP contribution >= 0.6 is 0 Å². The summed E-state index contributed by atoms with van der Waals surface area (Å²) in [6, 6.07) is 15.9. The average molecular weight is 269 g/mol. The summed E-state index contributed by atoms with van der Waals surface area (Å²) in [7, 11) is 0. The van der Waals surface area contributed by atoms with E-state index in [9.17, 15) is 5.11 Å². The Bertz CT molecular complexity index is 567. The van der Waals surface area contributed by atoms with E-state index in [1.165, 1.54) is 5.56 Å². The Kier molecular flexibility index (Phi) is 4.15. The highest BCUT2D eigenvalue weighted by atomic mass is 16.3. The number of rotatable bonds is 3. The van der Waals surface area contributed by atoms with Crippen molar-refractivity contribution in [1.82, 2.24) is 0 Å². The first kappa shape index (κ1) is 14.6. The zero-order valence-corrected chi connectivity index (χ0v) is 12.4. The number of aliphatic hydroxyl groups is 1. The molecule has 3 N–H and O–H groups in total. The standard InChI is InChI=1S/C18H23NO/c1-18(2,3)14-10-8-13(9-11-14)12-17(20)15-6-4-5-7-16(15)19/h4-11,17,20H,12,19H2,1-3H3. The van der Waals surface area contributed by atoms with Crippen LogP contribution < -0.4 is 5.73 Å². The van der Waals surface area contributed by atoms with Crippen molar-refractivity contribution >= 4 is 5.69 Å². The summed E-state index contributed by atoms with van der Waals surface area (Å²) in [5.74, 6) is 0. The van der Waals surface area contributed by atoms with Crippen molar-refractivity contribution in [2.45, 2.75) is 38.7 Å². The maximum Gasteiger partial charge on any atom is 0.0850 e. The second-order valence-electron chi connectivity index (χ2n) is 6.30. The molecule has 0 fully saturated rings. The van der Waals surface area contributed by atoms with Crippen LogP contribution in [0.3, 0.4) is 0 Å². The smallest absolute Gasteiger partial charge is 0.0850 e. The van der Waals surface area contributed by atoms with Crippen molar-refractivity contribution in [1.29, 1.82) is 0 Å². The summed E-state index contributed by atoms with van der Waals surface area (Å²) in [6.45, 7) is 6.59. The second kappa shape index (κ2) is 5.68. The molecule has 2 aromatic carbocycles. The molecule has 2 aromatic rings. The predicted molar refractivity (Wildman–Crippen MR) is 84.7 cm³/mol. The lowest BCUT2D eigenvalue weighted by atomic mass is 9.86. The van der Waals surface area contributed by atoms with Gasteiger partial charge in [-0.2, -0.15) is 0 Å². The maximum atomic E-state index is 10.3. The molecule has 1 atom stereocenters. The van der Waals surface area contributed by atoms with E-state index in [1.807, 2.05) is 24.3 Å². The average Bonchev–Trinajstić information content (AvgIpc) is 2.38. The molecule has 106 valence electrons. The number of anilines is 1. The van der Waals surface area contributed by atoms with Gasteiger partial charge in [0.05, 0.1) is 6.10 Å². The van der Waals surface area contributed by atoms with Crippen LogP contribution in [0.1, 0.15) is 43.6 Å². The van der Waals surface area contributed by atoms with E-state index < -0.39 is 6.10 Å². The Morgan fingerprint density at radius 3 is 2.15 bits per heavy atom. The third-order valence-corrected chi connectivity index (χ3v) is 3.60. The van der Waals surface area contributed by atoms with Gasteiger partial charge in [-0.25, -0.2) is 0 Å². The molecule has 0 aliphatic rings. The predicted octanol–water partition coefficient (Wildman–Crippen LogP) is 3.84. The molecule has 2 rings (SSSR count). The van der Waals surface area contributed by atoms with E-state index in [0.717, 1.165) is 11.1 Å². The van der Waals surface area contributed by atoms with Crippen LogP contribution in [0.4, 0.5) is 5.69 Å².